The summed E-state index contributed by atoms with van der Waals surface area (Å²) in [4.78, 5) is 6.22. The maximum absolute atomic E-state index is 10.6. The Kier molecular flexibility index (Phi) is 4.28. The summed E-state index contributed by atoms with van der Waals surface area (Å²) in [5.74, 6) is 1.24. The molecule has 2 aromatic carbocycles. The fraction of sp³-hybridized carbons (Fsp3) is 0.143. The number of tetrazole rings is 1. The van der Waals surface area contributed by atoms with E-state index in [2.05, 4.69) is 20.5 Å². The van der Waals surface area contributed by atoms with Gasteiger partial charge in [0.2, 0.25) is 0 Å². The fourth-order valence-corrected chi connectivity index (χ4v) is 3.49. The first kappa shape index (κ1) is 17.2. The molecule has 0 atom stereocenters. The minimum absolute atomic E-state index is 0.117. The highest BCUT2D eigenvalue weighted by Gasteiger charge is 2.24. The molecule has 29 heavy (non-hydrogen) atoms. The Hall–Kier alpha value is -3.94. The summed E-state index contributed by atoms with van der Waals surface area (Å²) in [5, 5.41) is 22.8. The minimum atomic E-state index is 0.117. The number of phenolic OH excluding ortho intramolecular Hbond substituents is 1. The van der Waals surface area contributed by atoms with Crippen LogP contribution in [0.3, 0.4) is 0 Å². The highest BCUT2D eigenvalue weighted by atomic mass is 16.5. The van der Waals surface area contributed by atoms with E-state index in [1.54, 1.807) is 23.1 Å². The Balaban J connectivity index is 1.53. The number of aromatic nitrogens is 5. The van der Waals surface area contributed by atoms with Gasteiger partial charge in [-0.25, -0.2) is 0 Å². The molecule has 4 aromatic rings. The van der Waals surface area contributed by atoms with Crippen molar-refractivity contribution < 1.29 is 9.84 Å². The molecule has 5 rings (SSSR count). The summed E-state index contributed by atoms with van der Waals surface area (Å²) >= 11 is 0. The molecular weight excluding hydrogens is 368 g/mol. The monoisotopic (exact) mass is 386 g/mol. The molecule has 3 heterocycles. The van der Waals surface area contributed by atoms with Crippen molar-refractivity contribution in [2.45, 2.75) is 6.54 Å². The van der Waals surface area contributed by atoms with Gasteiger partial charge >= 0.3 is 0 Å². The third-order valence-electron chi connectivity index (χ3n) is 4.85. The Morgan fingerprint density at radius 3 is 2.72 bits per heavy atom. The minimum Gasteiger partial charge on any atom is -0.504 e. The number of fused-ring (bicyclic) bond motifs is 1. The molecule has 0 unspecified atom stereocenters. The fourth-order valence-electron chi connectivity index (χ4n) is 3.49. The van der Waals surface area contributed by atoms with Crippen LogP contribution in [0.1, 0.15) is 5.56 Å². The Morgan fingerprint density at radius 2 is 1.90 bits per heavy atom. The zero-order valence-corrected chi connectivity index (χ0v) is 15.5. The zero-order chi connectivity index (χ0) is 19.6. The van der Waals surface area contributed by atoms with Crippen LogP contribution in [0.15, 0.2) is 67.0 Å². The molecule has 1 N–H and O–H groups in total. The molecular formula is C21H18N6O2. The quantitative estimate of drug-likeness (QED) is 0.579. The number of ether oxygens (including phenoxy) is 1. The van der Waals surface area contributed by atoms with Crippen LogP contribution in [0, 0.1) is 0 Å². The first-order valence-electron chi connectivity index (χ1n) is 9.27. The maximum Gasteiger partial charge on any atom is 0.250 e. The molecule has 0 amide bonds. The van der Waals surface area contributed by atoms with E-state index in [-0.39, 0.29) is 5.75 Å². The molecule has 0 spiro atoms. The molecule has 1 aliphatic heterocycles. The van der Waals surface area contributed by atoms with E-state index in [0.717, 1.165) is 22.4 Å². The summed E-state index contributed by atoms with van der Waals surface area (Å²) in [7, 11) is 0. The summed E-state index contributed by atoms with van der Waals surface area (Å²) in [6.07, 6.45) is 3.49. The van der Waals surface area contributed by atoms with Gasteiger partial charge in [0.15, 0.2) is 11.5 Å². The Morgan fingerprint density at radius 1 is 1.00 bits per heavy atom. The van der Waals surface area contributed by atoms with Crippen molar-refractivity contribution in [3.05, 3.63) is 72.6 Å². The van der Waals surface area contributed by atoms with Gasteiger partial charge in [-0.05, 0) is 46.3 Å². The number of rotatable bonds is 3. The lowest BCUT2D eigenvalue weighted by molar-refractivity contribution is 0.311. The van der Waals surface area contributed by atoms with Gasteiger partial charge < -0.3 is 14.7 Å². The normalized spacial score (nSPS) is 13.4. The van der Waals surface area contributed by atoms with Crippen LogP contribution >= 0.6 is 0 Å². The van der Waals surface area contributed by atoms with Crippen LogP contribution in [-0.4, -0.2) is 43.4 Å². The number of nitrogens with zero attached hydrogens (tertiary/aromatic N) is 6. The number of aromatic hydroxyl groups is 1. The van der Waals surface area contributed by atoms with Gasteiger partial charge in [0.25, 0.3) is 5.95 Å². The molecule has 8 nitrogen and oxygen atoms in total. The maximum atomic E-state index is 10.6. The number of benzene rings is 2. The number of para-hydroxylation sites is 1. The summed E-state index contributed by atoms with van der Waals surface area (Å²) in [6.45, 7) is 1.50. The van der Waals surface area contributed by atoms with Gasteiger partial charge in [0, 0.05) is 30.1 Å². The van der Waals surface area contributed by atoms with Crippen LogP contribution in [0.4, 0.5) is 5.95 Å². The largest absolute Gasteiger partial charge is 0.504 e. The first-order chi connectivity index (χ1) is 14.3. The average molecular weight is 386 g/mol. The number of hydrogen-bond donors (Lipinski definition) is 1. The molecule has 0 aliphatic carbocycles. The predicted molar refractivity (Wildman–Crippen MR) is 107 cm³/mol. The van der Waals surface area contributed by atoms with Gasteiger partial charge in [0.05, 0.1) is 12.2 Å². The molecule has 0 saturated heterocycles. The second-order valence-electron chi connectivity index (χ2n) is 6.72. The third-order valence-corrected chi connectivity index (χ3v) is 4.85. The highest BCUT2D eigenvalue weighted by molar-refractivity contribution is 5.68. The lowest BCUT2D eigenvalue weighted by Gasteiger charge is -2.20. The van der Waals surface area contributed by atoms with E-state index in [1.165, 1.54) is 0 Å². The van der Waals surface area contributed by atoms with Crippen LogP contribution in [0.25, 0.3) is 16.8 Å². The number of hydrogen-bond acceptors (Lipinski definition) is 7. The smallest absolute Gasteiger partial charge is 0.250 e. The van der Waals surface area contributed by atoms with E-state index in [9.17, 15) is 5.11 Å². The molecule has 1 aliphatic rings. The second-order valence-corrected chi connectivity index (χ2v) is 6.72. The van der Waals surface area contributed by atoms with Crippen LogP contribution < -0.4 is 9.64 Å². The van der Waals surface area contributed by atoms with Gasteiger partial charge in [-0.2, -0.15) is 4.68 Å². The van der Waals surface area contributed by atoms with Gasteiger partial charge in [-0.15, -0.1) is 0 Å². The predicted octanol–water partition coefficient (Wildman–Crippen LogP) is 2.83. The number of anilines is 1. The van der Waals surface area contributed by atoms with E-state index in [1.807, 2.05) is 53.4 Å². The van der Waals surface area contributed by atoms with Crippen LogP contribution in [-0.2, 0) is 6.54 Å². The standard InChI is InChI=1S/C21H18N6O2/c28-19-12-16(15-5-4-8-22-13-15)11-17-14-26(9-10-29-20(17)19)21-23-24-25-27(21)18-6-2-1-3-7-18/h1-8,11-13,28H,9-10,14H2. The van der Waals surface area contributed by atoms with E-state index in [4.69, 9.17) is 4.74 Å². The summed E-state index contributed by atoms with van der Waals surface area (Å²) in [6, 6.07) is 17.3. The van der Waals surface area contributed by atoms with Crippen molar-refractivity contribution >= 4 is 5.95 Å². The second kappa shape index (κ2) is 7.23. The lowest BCUT2D eigenvalue weighted by atomic mass is 10.0. The first-order valence-corrected chi connectivity index (χ1v) is 9.27. The van der Waals surface area contributed by atoms with Gasteiger partial charge in [-0.3, -0.25) is 4.98 Å². The summed E-state index contributed by atoms with van der Waals surface area (Å²) < 4.78 is 7.56. The van der Waals surface area contributed by atoms with Crippen molar-refractivity contribution in [1.82, 2.24) is 25.2 Å². The van der Waals surface area contributed by atoms with Crippen LogP contribution in [0.2, 0.25) is 0 Å². The van der Waals surface area contributed by atoms with E-state index >= 15 is 0 Å². The number of phenols is 1. The third kappa shape index (κ3) is 3.25. The molecule has 0 radical (unpaired) electrons. The topological polar surface area (TPSA) is 89.2 Å². The van der Waals surface area contributed by atoms with Crippen molar-refractivity contribution in [1.29, 1.82) is 0 Å². The molecule has 0 bridgehead atoms. The van der Waals surface area contributed by atoms with Crippen molar-refractivity contribution in [2.24, 2.45) is 0 Å². The SMILES string of the molecule is Oc1cc(-c2cccnc2)cc2c1OCCN(c1nnnn1-c1ccccc1)C2. The van der Waals surface area contributed by atoms with Crippen molar-refractivity contribution in [2.75, 3.05) is 18.1 Å². The zero-order valence-electron chi connectivity index (χ0n) is 15.5. The van der Waals surface area contributed by atoms with Gasteiger partial charge in [0.1, 0.15) is 6.61 Å². The molecule has 0 saturated carbocycles. The molecule has 144 valence electrons. The van der Waals surface area contributed by atoms with E-state index < -0.39 is 0 Å². The van der Waals surface area contributed by atoms with Crippen molar-refractivity contribution in [3.63, 3.8) is 0 Å². The lowest BCUT2D eigenvalue weighted by Crippen LogP contribution is -2.28. The van der Waals surface area contributed by atoms with Crippen molar-refractivity contribution in [3.8, 4) is 28.3 Å². The van der Waals surface area contributed by atoms with Gasteiger partial charge in [-0.1, -0.05) is 29.4 Å². The average Bonchev–Trinajstić information content (AvgIpc) is 3.15. The highest BCUT2D eigenvalue weighted by Crippen LogP contribution is 2.38. The molecule has 2 aromatic heterocycles. The Bertz CT molecular complexity index is 1130. The molecule has 0 fully saturated rings. The summed E-state index contributed by atoms with van der Waals surface area (Å²) in [5.41, 5.74) is 3.55. The Labute approximate surface area is 167 Å². The van der Waals surface area contributed by atoms with E-state index in [0.29, 0.717) is 31.4 Å². The number of pyridine rings is 1. The molecule has 8 heteroatoms. The van der Waals surface area contributed by atoms with Crippen LogP contribution in [0.5, 0.6) is 11.5 Å².